The van der Waals surface area contributed by atoms with Crippen molar-refractivity contribution in [2.75, 3.05) is 6.61 Å². The van der Waals surface area contributed by atoms with Gasteiger partial charge in [0.15, 0.2) is 0 Å². The van der Waals surface area contributed by atoms with Gasteiger partial charge in [-0.15, -0.1) is 0 Å². The van der Waals surface area contributed by atoms with Crippen LogP contribution in [0.1, 0.15) is 63.3 Å². The number of ether oxygens (including phenoxy) is 1. The van der Waals surface area contributed by atoms with Crippen LogP contribution >= 0.6 is 15.9 Å². The predicted octanol–water partition coefficient (Wildman–Crippen LogP) is 6.13. The first-order valence-electron chi connectivity index (χ1n) is 7.94. The summed E-state index contributed by atoms with van der Waals surface area (Å²) in [6.45, 7) is 7.45. The highest BCUT2D eigenvalue weighted by atomic mass is 79.9. The van der Waals surface area contributed by atoms with Crippen LogP contribution in [0.25, 0.3) is 0 Å². The molecular formula is C18H27BrO. The number of halogens is 1. The van der Waals surface area contributed by atoms with Crippen molar-refractivity contribution < 1.29 is 4.74 Å². The Bertz CT molecular complexity index is 404. The van der Waals surface area contributed by atoms with E-state index in [9.17, 15) is 0 Å². The van der Waals surface area contributed by atoms with E-state index in [1.54, 1.807) is 0 Å². The second-order valence-corrected chi connectivity index (χ2v) is 7.45. The fourth-order valence-electron chi connectivity index (χ4n) is 3.71. The maximum atomic E-state index is 5.54. The Morgan fingerprint density at radius 1 is 1.15 bits per heavy atom. The van der Waals surface area contributed by atoms with E-state index in [1.165, 1.54) is 37.7 Å². The summed E-state index contributed by atoms with van der Waals surface area (Å²) in [6.07, 6.45) is 6.79. The third-order valence-electron chi connectivity index (χ3n) is 4.44. The van der Waals surface area contributed by atoms with Crippen molar-refractivity contribution in [3.63, 3.8) is 0 Å². The van der Waals surface area contributed by atoms with Gasteiger partial charge in [-0.3, -0.25) is 0 Å². The van der Waals surface area contributed by atoms with Gasteiger partial charge in [0.1, 0.15) is 5.75 Å². The first kappa shape index (κ1) is 15.9. The Balaban J connectivity index is 2.16. The molecule has 112 valence electrons. The zero-order valence-electron chi connectivity index (χ0n) is 13.0. The van der Waals surface area contributed by atoms with E-state index in [0.29, 0.717) is 10.2 Å². The maximum absolute atomic E-state index is 5.54. The van der Waals surface area contributed by atoms with E-state index in [0.717, 1.165) is 18.3 Å². The predicted molar refractivity (Wildman–Crippen MR) is 89.6 cm³/mol. The Kier molecular flexibility index (Phi) is 5.54. The van der Waals surface area contributed by atoms with Crippen LogP contribution in [0.2, 0.25) is 0 Å². The number of hydrogen-bond acceptors (Lipinski definition) is 1. The van der Waals surface area contributed by atoms with Gasteiger partial charge in [0.05, 0.1) is 6.61 Å². The Morgan fingerprint density at radius 2 is 1.75 bits per heavy atom. The van der Waals surface area contributed by atoms with Crippen molar-refractivity contribution >= 4 is 15.9 Å². The summed E-state index contributed by atoms with van der Waals surface area (Å²) in [4.78, 5) is 0.468. The van der Waals surface area contributed by atoms with Crippen molar-refractivity contribution in [3.05, 3.63) is 29.8 Å². The van der Waals surface area contributed by atoms with Crippen LogP contribution in [0.3, 0.4) is 0 Å². The topological polar surface area (TPSA) is 9.23 Å². The van der Waals surface area contributed by atoms with Crippen molar-refractivity contribution in [2.45, 2.75) is 57.7 Å². The van der Waals surface area contributed by atoms with E-state index in [4.69, 9.17) is 4.74 Å². The molecule has 1 atom stereocenters. The molecule has 1 saturated carbocycles. The molecule has 1 aliphatic rings. The summed E-state index contributed by atoms with van der Waals surface area (Å²) >= 11 is 4.02. The standard InChI is InChI=1S/C18H27BrO/c1-4-20-16-9-7-15(8-10-16)17(19)18(13-14(2)3)11-5-6-12-18/h7-10,14,17H,4-6,11-13H2,1-3H3. The molecule has 1 aromatic carbocycles. The zero-order valence-corrected chi connectivity index (χ0v) is 14.6. The fraction of sp³-hybridized carbons (Fsp3) is 0.667. The van der Waals surface area contributed by atoms with Crippen LogP contribution in [0.4, 0.5) is 0 Å². The first-order chi connectivity index (χ1) is 9.57. The Morgan fingerprint density at radius 3 is 2.25 bits per heavy atom. The summed E-state index contributed by atoms with van der Waals surface area (Å²) in [5, 5.41) is 0. The molecule has 0 heterocycles. The number of hydrogen-bond donors (Lipinski definition) is 0. The minimum absolute atomic E-state index is 0.446. The van der Waals surface area contributed by atoms with Crippen LogP contribution < -0.4 is 4.74 Å². The monoisotopic (exact) mass is 338 g/mol. The van der Waals surface area contributed by atoms with Gasteiger partial charge in [-0.1, -0.05) is 54.8 Å². The summed E-state index contributed by atoms with van der Waals surface area (Å²) in [6, 6.07) is 8.66. The molecule has 0 aromatic heterocycles. The fourth-order valence-corrected chi connectivity index (χ4v) is 4.66. The third-order valence-corrected chi connectivity index (χ3v) is 5.94. The van der Waals surface area contributed by atoms with Crippen LogP contribution in [-0.4, -0.2) is 6.61 Å². The molecule has 0 spiro atoms. The SMILES string of the molecule is CCOc1ccc(C(Br)C2(CC(C)C)CCCC2)cc1. The molecule has 1 nitrogen and oxygen atoms in total. The minimum Gasteiger partial charge on any atom is -0.494 e. The van der Waals surface area contributed by atoms with Crippen molar-refractivity contribution in [3.8, 4) is 5.75 Å². The van der Waals surface area contributed by atoms with Crippen molar-refractivity contribution in [1.82, 2.24) is 0 Å². The van der Waals surface area contributed by atoms with Crippen LogP contribution in [0.5, 0.6) is 5.75 Å². The van der Waals surface area contributed by atoms with Gasteiger partial charge in [-0.05, 0) is 55.2 Å². The summed E-state index contributed by atoms with van der Waals surface area (Å²) in [5.74, 6) is 1.73. The molecule has 0 saturated heterocycles. The van der Waals surface area contributed by atoms with Gasteiger partial charge in [0.25, 0.3) is 0 Å². The van der Waals surface area contributed by atoms with Gasteiger partial charge in [0, 0.05) is 4.83 Å². The molecule has 1 fully saturated rings. The van der Waals surface area contributed by atoms with E-state index in [-0.39, 0.29) is 0 Å². The molecule has 1 aliphatic carbocycles. The van der Waals surface area contributed by atoms with Gasteiger partial charge in [0.2, 0.25) is 0 Å². The third kappa shape index (κ3) is 3.58. The number of benzene rings is 1. The highest BCUT2D eigenvalue weighted by Gasteiger charge is 2.40. The van der Waals surface area contributed by atoms with Gasteiger partial charge in [-0.25, -0.2) is 0 Å². The molecule has 1 unspecified atom stereocenters. The molecule has 0 N–H and O–H groups in total. The summed E-state index contributed by atoms with van der Waals surface area (Å²) in [5.41, 5.74) is 1.84. The average molecular weight is 339 g/mol. The molecule has 0 amide bonds. The second-order valence-electron chi connectivity index (χ2n) is 6.53. The van der Waals surface area contributed by atoms with E-state index < -0.39 is 0 Å². The quantitative estimate of drug-likeness (QED) is 0.567. The van der Waals surface area contributed by atoms with Crippen LogP contribution in [0, 0.1) is 11.3 Å². The summed E-state index contributed by atoms with van der Waals surface area (Å²) in [7, 11) is 0. The lowest BCUT2D eigenvalue weighted by atomic mass is 9.74. The number of alkyl halides is 1. The highest BCUT2D eigenvalue weighted by molar-refractivity contribution is 9.09. The van der Waals surface area contributed by atoms with Gasteiger partial charge >= 0.3 is 0 Å². The zero-order chi connectivity index (χ0) is 14.6. The minimum atomic E-state index is 0.446. The molecule has 0 bridgehead atoms. The lowest BCUT2D eigenvalue weighted by Gasteiger charge is -2.36. The van der Waals surface area contributed by atoms with Crippen LogP contribution in [0.15, 0.2) is 24.3 Å². The lowest BCUT2D eigenvalue weighted by molar-refractivity contribution is 0.230. The lowest BCUT2D eigenvalue weighted by Crippen LogP contribution is -2.24. The Hall–Kier alpha value is -0.500. The molecule has 0 radical (unpaired) electrons. The van der Waals surface area contributed by atoms with Gasteiger partial charge in [-0.2, -0.15) is 0 Å². The van der Waals surface area contributed by atoms with Crippen LogP contribution in [-0.2, 0) is 0 Å². The van der Waals surface area contributed by atoms with Crippen molar-refractivity contribution in [2.24, 2.45) is 11.3 Å². The normalized spacial score (nSPS) is 19.2. The molecule has 20 heavy (non-hydrogen) atoms. The largest absolute Gasteiger partial charge is 0.494 e. The second kappa shape index (κ2) is 6.98. The Labute approximate surface area is 132 Å². The van der Waals surface area contributed by atoms with E-state index in [1.807, 2.05) is 6.92 Å². The molecule has 0 aliphatic heterocycles. The van der Waals surface area contributed by atoms with E-state index >= 15 is 0 Å². The summed E-state index contributed by atoms with van der Waals surface area (Å²) < 4.78 is 5.54. The van der Waals surface area contributed by atoms with Crippen molar-refractivity contribution in [1.29, 1.82) is 0 Å². The molecule has 2 rings (SSSR count). The first-order valence-corrected chi connectivity index (χ1v) is 8.86. The highest BCUT2D eigenvalue weighted by Crippen LogP contribution is 2.55. The molecular weight excluding hydrogens is 312 g/mol. The maximum Gasteiger partial charge on any atom is 0.119 e. The molecule has 1 aromatic rings. The average Bonchev–Trinajstić information content (AvgIpc) is 2.88. The van der Waals surface area contributed by atoms with E-state index in [2.05, 4.69) is 54.0 Å². The smallest absolute Gasteiger partial charge is 0.119 e. The molecule has 2 heteroatoms. The van der Waals surface area contributed by atoms with Gasteiger partial charge < -0.3 is 4.74 Å². The number of rotatable bonds is 6.